The zero-order valence-electron chi connectivity index (χ0n) is 16.3. The van der Waals surface area contributed by atoms with Gasteiger partial charge < -0.3 is 14.4 Å². The number of esters is 1. The molecule has 0 aromatic heterocycles. The lowest BCUT2D eigenvalue weighted by atomic mass is 10.2. The molecule has 0 spiro atoms. The highest BCUT2D eigenvalue weighted by Gasteiger charge is 2.30. The van der Waals surface area contributed by atoms with E-state index >= 15 is 0 Å². The summed E-state index contributed by atoms with van der Waals surface area (Å²) >= 11 is 0. The minimum absolute atomic E-state index is 0.0770. The highest BCUT2D eigenvalue weighted by Crippen LogP contribution is 2.18. The molecule has 1 fully saturated rings. The summed E-state index contributed by atoms with van der Waals surface area (Å²) in [6, 6.07) is 12.9. The van der Waals surface area contributed by atoms with Crippen LogP contribution in [0, 0.1) is 0 Å². The number of ether oxygens (including phenoxy) is 2. The second-order valence-corrected chi connectivity index (χ2v) is 8.51. The summed E-state index contributed by atoms with van der Waals surface area (Å²) in [5.41, 5.74) is 0.0770. The first-order valence-electron chi connectivity index (χ1n) is 9.32. The van der Waals surface area contributed by atoms with Crippen LogP contribution in [0.4, 0.5) is 8.78 Å². The third-order valence-corrected chi connectivity index (χ3v) is 6.53. The van der Waals surface area contributed by atoms with Crippen molar-refractivity contribution in [1.82, 2.24) is 9.21 Å². The lowest BCUT2D eigenvalue weighted by molar-refractivity contribution is -0.135. The highest BCUT2D eigenvalue weighted by atomic mass is 32.2. The smallest absolute Gasteiger partial charge is 0.387 e. The van der Waals surface area contributed by atoms with Gasteiger partial charge in [0.2, 0.25) is 10.0 Å². The Bertz CT molecular complexity index is 1010. The average molecular weight is 454 g/mol. The highest BCUT2D eigenvalue weighted by molar-refractivity contribution is 7.89. The maximum atomic E-state index is 12.6. The van der Waals surface area contributed by atoms with E-state index in [1.54, 1.807) is 18.2 Å². The topological polar surface area (TPSA) is 93.2 Å². The lowest BCUT2D eigenvalue weighted by Crippen LogP contribution is -2.51. The molecule has 31 heavy (non-hydrogen) atoms. The quantitative estimate of drug-likeness (QED) is 0.594. The Labute approximate surface area is 178 Å². The number of benzene rings is 2. The molecule has 2 aromatic rings. The molecule has 1 saturated heterocycles. The van der Waals surface area contributed by atoms with Crippen LogP contribution >= 0.6 is 0 Å². The predicted octanol–water partition coefficient (Wildman–Crippen LogP) is 1.98. The fraction of sp³-hybridized carbons (Fsp3) is 0.300. The third kappa shape index (κ3) is 5.76. The van der Waals surface area contributed by atoms with Crippen LogP contribution < -0.4 is 4.74 Å². The SMILES string of the molecule is O=C(OCC(=O)N1CCN(S(=O)(=O)c2ccccc2)CC1)c1ccc(OC(F)F)cc1. The molecule has 0 bridgehead atoms. The van der Waals surface area contributed by atoms with Gasteiger partial charge in [-0.25, -0.2) is 13.2 Å². The Kier molecular flexibility index (Phi) is 7.18. The van der Waals surface area contributed by atoms with Gasteiger partial charge in [0.25, 0.3) is 5.91 Å². The number of piperazine rings is 1. The van der Waals surface area contributed by atoms with E-state index in [1.807, 2.05) is 0 Å². The van der Waals surface area contributed by atoms with Crippen LogP contribution in [0.1, 0.15) is 10.4 Å². The van der Waals surface area contributed by atoms with E-state index < -0.39 is 35.1 Å². The largest absolute Gasteiger partial charge is 0.452 e. The molecule has 166 valence electrons. The van der Waals surface area contributed by atoms with Crippen LogP contribution in [0.5, 0.6) is 5.75 Å². The van der Waals surface area contributed by atoms with Gasteiger partial charge in [-0.1, -0.05) is 18.2 Å². The summed E-state index contributed by atoms with van der Waals surface area (Å²) < 4.78 is 60.0. The van der Waals surface area contributed by atoms with Gasteiger partial charge in [0.1, 0.15) is 5.75 Å². The van der Waals surface area contributed by atoms with Crippen LogP contribution in [-0.4, -0.2) is 68.9 Å². The van der Waals surface area contributed by atoms with Gasteiger partial charge in [-0.05, 0) is 36.4 Å². The molecule has 1 amide bonds. The Morgan fingerprint density at radius 2 is 1.55 bits per heavy atom. The summed E-state index contributed by atoms with van der Waals surface area (Å²) in [5.74, 6) is -1.35. The normalized spacial score (nSPS) is 15.0. The maximum absolute atomic E-state index is 12.6. The van der Waals surface area contributed by atoms with Crippen LogP contribution in [0.25, 0.3) is 0 Å². The second kappa shape index (κ2) is 9.84. The number of hydrogen-bond donors (Lipinski definition) is 0. The monoisotopic (exact) mass is 454 g/mol. The minimum Gasteiger partial charge on any atom is -0.452 e. The molecule has 1 aliphatic rings. The van der Waals surface area contributed by atoms with Crippen molar-refractivity contribution in [1.29, 1.82) is 0 Å². The Balaban J connectivity index is 1.48. The Hall–Kier alpha value is -3.05. The molecule has 1 heterocycles. The summed E-state index contributed by atoms with van der Waals surface area (Å²) in [7, 11) is -3.63. The fourth-order valence-electron chi connectivity index (χ4n) is 2.99. The fourth-order valence-corrected chi connectivity index (χ4v) is 4.44. The number of hydrogen-bond acceptors (Lipinski definition) is 6. The molecule has 0 aliphatic carbocycles. The van der Waals surface area contributed by atoms with Crippen molar-refractivity contribution in [2.75, 3.05) is 32.8 Å². The zero-order valence-corrected chi connectivity index (χ0v) is 17.1. The van der Waals surface area contributed by atoms with E-state index in [1.165, 1.54) is 45.6 Å². The van der Waals surface area contributed by atoms with Crippen molar-refractivity contribution in [2.24, 2.45) is 0 Å². The number of alkyl halides is 2. The number of amides is 1. The zero-order chi connectivity index (χ0) is 22.4. The molecule has 1 aliphatic heterocycles. The van der Waals surface area contributed by atoms with E-state index in [9.17, 15) is 26.8 Å². The molecule has 0 radical (unpaired) electrons. The number of nitrogens with zero attached hydrogens (tertiary/aromatic N) is 2. The molecular weight excluding hydrogens is 434 g/mol. The summed E-state index contributed by atoms with van der Waals surface area (Å²) in [6.07, 6.45) is 0. The third-order valence-electron chi connectivity index (χ3n) is 4.61. The van der Waals surface area contributed by atoms with Crippen molar-refractivity contribution in [2.45, 2.75) is 11.5 Å². The van der Waals surface area contributed by atoms with E-state index in [-0.39, 0.29) is 42.4 Å². The molecule has 0 saturated carbocycles. The second-order valence-electron chi connectivity index (χ2n) is 6.58. The van der Waals surface area contributed by atoms with Gasteiger partial charge >= 0.3 is 12.6 Å². The molecular formula is C20H20F2N2O6S. The van der Waals surface area contributed by atoms with Crippen molar-refractivity contribution >= 4 is 21.9 Å². The van der Waals surface area contributed by atoms with E-state index in [0.717, 1.165) is 0 Å². The minimum atomic E-state index is -3.63. The molecule has 3 rings (SSSR count). The summed E-state index contributed by atoms with van der Waals surface area (Å²) in [5, 5.41) is 0. The number of carbonyl (C=O) groups excluding carboxylic acids is 2. The number of rotatable bonds is 7. The van der Waals surface area contributed by atoms with Gasteiger partial charge in [0.15, 0.2) is 6.61 Å². The van der Waals surface area contributed by atoms with Crippen molar-refractivity contribution < 1.29 is 36.3 Å². The lowest BCUT2D eigenvalue weighted by Gasteiger charge is -2.33. The van der Waals surface area contributed by atoms with Gasteiger partial charge in [-0.15, -0.1) is 0 Å². The van der Waals surface area contributed by atoms with Crippen LogP contribution in [-0.2, 0) is 19.6 Å². The Morgan fingerprint density at radius 3 is 2.13 bits per heavy atom. The summed E-state index contributed by atoms with van der Waals surface area (Å²) in [4.78, 5) is 26.0. The Morgan fingerprint density at radius 1 is 0.935 bits per heavy atom. The van der Waals surface area contributed by atoms with E-state index in [0.29, 0.717) is 0 Å². The molecule has 0 unspecified atom stereocenters. The first kappa shape index (κ1) is 22.6. The molecule has 11 heteroatoms. The first-order chi connectivity index (χ1) is 14.8. The van der Waals surface area contributed by atoms with Gasteiger partial charge in [0.05, 0.1) is 10.5 Å². The van der Waals surface area contributed by atoms with Crippen LogP contribution in [0.3, 0.4) is 0 Å². The molecule has 8 nitrogen and oxygen atoms in total. The predicted molar refractivity (Wildman–Crippen MR) is 105 cm³/mol. The van der Waals surface area contributed by atoms with Gasteiger partial charge in [0, 0.05) is 26.2 Å². The maximum Gasteiger partial charge on any atom is 0.387 e. The molecule has 0 N–H and O–H groups in total. The number of halogens is 2. The first-order valence-corrected chi connectivity index (χ1v) is 10.8. The van der Waals surface area contributed by atoms with Crippen LogP contribution in [0.15, 0.2) is 59.5 Å². The van der Waals surface area contributed by atoms with Gasteiger partial charge in [-0.3, -0.25) is 4.79 Å². The van der Waals surface area contributed by atoms with Gasteiger partial charge in [-0.2, -0.15) is 13.1 Å². The number of sulfonamides is 1. The van der Waals surface area contributed by atoms with Crippen molar-refractivity contribution in [3.05, 3.63) is 60.2 Å². The average Bonchev–Trinajstić information content (AvgIpc) is 2.78. The molecule has 0 atom stereocenters. The van der Waals surface area contributed by atoms with Crippen molar-refractivity contribution in [3.8, 4) is 5.75 Å². The summed E-state index contributed by atoms with van der Waals surface area (Å²) in [6.45, 7) is -2.90. The van der Waals surface area contributed by atoms with E-state index in [4.69, 9.17) is 4.74 Å². The van der Waals surface area contributed by atoms with Crippen molar-refractivity contribution in [3.63, 3.8) is 0 Å². The number of carbonyl (C=O) groups is 2. The molecule has 2 aromatic carbocycles. The van der Waals surface area contributed by atoms with Crippen LogP contribution in [0.2, 0.25) is 0 Å². The van der Waals surface area contributed by atoms with E-state index in [2.05, 4.69) is 4.74 Å². The standard InChI is InChI=1S/C20H20F2N2O6S/c21-20(22)30-16-8-6-15(7-9-16)19(26)29-14-18(25)23-10-12-24(13-11-23)31(27,28)17-4-2-1-3-5-17/h1-9,20H,10-14H2.